The first kappa shape index (κ1) is 23.5. The fraction of sp³-hybridized carbons (Fsp3) is 0.120. The van der Waals surface area contributed by atoms with Gasteiger partial charge in [-0.3, -0.25) is 14.3 Å². The highest BCUT2D eigenvalue weighted by Gasteiger charge is 2.24. The topological polar surface area (TPSA) is 91.8 Å². The molecule has 1 unspecified atom stereocenters. The van der Waals surface area contributed by atoms with Crippen molar-refractivity contribution in [1.29, 1.82) is 0 Å². The van der Waals surface area contributed by atoms with E-state index in [-0.39, 0.29) is 24.4 Å². The van der Waals surface area contributed by atoms with Crippen LogP contribution in [-0.4, -0.2) is 32.8 Å². The number of hydrogen-bond donors (Lipinski definition) is 2. The van der Waals surface area contributed by atoms with Crippen molar-refractivity contribution in [2.45, 2.75) is 6.61 Å². The highest BCUT2D eigenvalue weighted by Crippen LogP contribution is 2.34. The average molecular weight is 480 g/mol. The third-order valence-corrected chi connectivity index (χ3v) is 5.76. The monoisotopic (exact) mass is 479 g/mol. The van der Waals surface area contributed by atoms with Crippen molar-refractivity contribution in [1.82, 2.24) is 10.3 Å². The number of benzene rings is 3. The van der Waals surface area contributed by atoms with Crippen LogP contribution < -0.4 is 9.62 Å². The van der Waals surface area contributed by atoms with E-state index in [1.165, 1.54) is 6.07 Å². The van der Waals surface area contributed by atoms with Crippen molar-refractivity contribution >= 4 is 39.5 Å². The van der Waals surface area contributed by atoms with Gasteiger partial charge in [-0.1, -0.05) is 48.5 Å². The highest BCUT2D eigenvalue weighted by molar-refractivity contribution is 7.81. The van der Waals surface area contributed by atoms with Gasteiger partial charge in [-0.15, -0.1) is 0 Å². The number of carbonyl (C=O) groups is 1. The molecule has 0 fully saturated rings. The summed E-state index contributed by atoms with van der Waals surface area (Å²) in [7, 11) is 0. The number of amides is 1. The molecule has 1 atom stereocenters. The Balaban J connectivity index is 1.55. The van der Waals surface area contributed by atoms with E-state index in [0.29, 0.717) is 17.8 Å². The van der Waals surface area contributed by atoms with Crippen LogP contribution in [-0.2, 0) is 22.6 Å². The second-order valence-corrected chi connectivity index (χ2v) is 8.16. The van der Waals surface area contributed by atoms with Crippen molar-refractivity contribution in [2.24, 2.45) is 0 Å². The number of nitrogens with zero attached hydrogens (tertiary/aromatic N) is 2. The summed E-state index contributed by atoms with van der Waals surface area (Å²) < 4.78 is 43.2. The second kappa shape index (κ2) is 11.0. The van der Waals surface area contributed by atoms with Crippen LogP contribution in [0.1, 0.15) is 15.9 Å². The Morgan fingerprint density at radius 1 is 1.03 bits per heavy atom. The fourth-order valence-electron chi connectivity index (χ4n) is 3.51. The summed E-state index contributed by atoms with van der Waals surface area (Å²) in [6.07, 6.45) is 1.57. The molecule has 4 rings (SSSR count). The predicted octanol–water partition coefficient (Wildman–Crippen LogP) is 4.60. The summed E-state index contributed by atoms with van der Waals surface area (Å²) in [6.45, 7) is 0.821. The summed E-state index contributed by atoms with van der Waals surface area (Å²) in [5, 5.41) is 3.43. The summed E-state index contributed by atoms with van der Waals surface area (Å²) in [5.74, 6) is -1.24. The molecule has 0 radical (unpaired) electrons. The number of fused-ring (bicyclic) bond motifs is 1. The van der Waals surface area contributed by atoms with Crippen molar-refractivity contribution in [3.05, 3.63) is 102 Å². The van der Waals surface area contributed by atoms with Gasteiger partial charge in [0.25, 0.3) is 17.2 Å². The zero-order chi connectivity index (χ0) is 23.9. The van der Waals surface area contributed by atoms with E-state index in [1.807, 2.05) is 42.5 Å². The number of halogens is 1. The minimum Gasteiger partial charge on any atom is -0.375 e. The van der Waals surface area contributed by atoms with Crippen LogP contribution in [0, 0.1) is 5.82 Å². The maximum Gasteiger partial charge on any atom is 0.266 e. The third kappa shape index (κ3) is 5.45. The summed E-state index contributed by atoms with van der Waals surface area (Å²) >= 11 is -2.56. The molecule has 9 heteroatoms. The van der Waals surface area contributed by atoms with E-state index in [1.54, 1.807) is 24.4 Å². The molecule has 3 aromatic carbocycles. The Hall–Kier alpha value is -3.66. The molecule has 0 spiro atoms. The van der Waals surface area contributed by atoms with Crippen molar-refractivity contribution in [3.63, 3.8) is 0 Å². The van der Waals surface area contributed by atoms with Gasteiger partial charge in [-0.05, 0) is 35.9 Å². The zero-order valence-electron chi connectivity index (χ0n) is 18.1. The van der Waals surface area contributed by atoms with Crippen LogP contribution in [0.4, 0.5) is 15.8 Å². The van der Waals surface area contributed by atoms with Crippen molar-refractivity contribution < 1.29 is 22.7 Å². The molecule has 7 nitrogen and oxygen atoms in total. The molecule has 4 aromatic rings. The van der Waals surface area contributed by atoms with Crippen LogP contribution in [0.25, 0.3) is 10.9 Å². The number of ether oxygens (including phenoxy) is 1. The Morgan fingerprint density at radius 3 is 2.62 bits per heavy atom. The molecule has 0 aliphatic carbocycles. The fourth-order valence-corrected chi connectivity index (χ4v) is 4.16. The van der Waals surface area contributed by atoms with Crippen LogP contribution in [0.5, 0.6) is 0 Å². The number of nitrogens with one attached hydrogen (secondary N) is 1. The van der Waals surface area contributed by atoms with Gasteiger partial charge < -0.3 is 10.1 Å². The lowest BCUT2D eigenvalue weighted by molar-refractivity contribution is 0.0901. The van der Waals surface area contributed by atoms with E-state index in [4.69, 9.17) is 4.74 Å². The first-order valence-electron chi connectivity index (χ1n) is 10.5. The lowest BCUT2D eigenvalue weighted by Gasteiger charge is -2.23. The molecule has 174 valence electrons. The Kier molecular flexibility index (Phi) is 7.58. The van der Waals surface area contributed by atoms with Crippen molar-refractivity contribution in [3.8, 4) is 0 Å². The van der Waals surface area contributed by atoms with E-state index in [0.717, 1.165) is 27.4 Å². The lowest BCUT2D eigenvalue weighted by Crippen LogP contribution is -2.30. The van der Waals surface area contributed by atoms with Gasteiger partial charge in [0.05, 0.1) is 35.7 Å². The summed E-state index contributed by atoms with van der Waals surface area (Å²) in [6, 6.07) is 21.8. The number of hydrogen-bond acceptors (Lipinski definition) is 4. The van der Waals surface area contributed by atoms with Gasteiger partial charge in [-0.2, -0.15) is 0 Å². The van der Waals surface area contributed by atoms with E-state index in [9.17, 15) is 17.9 Å². The molecule has 1 heterocycles. The zero-order valence-corrected chi connectivity index (χ0v) is 18.9. The molecule has 0 bridgehead atoms. The van der Waals surface area contributed by atoms with E-state index >= 15 is 0 Å². The van der Waals surface area contributed by atoms with Crippen molar-refractivity contribution in [2.75, 3.05) is 17.5 Å². The predicted molar refractivity (Wildman–Crippen MR) is 129 cm³/mol. The maximum absolute atomic E-state index is 14.1. The number of para-hydroxylation sites is 1. The standard InChI is InChI=1S/C25H22FN3O4S/c26-20-11-12-22(29(34(31)32)23-10-4-8-19-9-5-13-27-24(19)23)21(16-20)25(30)28-14-15-33-17-18-6-2-1-3-7-18/h1-13,16H,14-15,17H2,(H,28,30)(H,31,32). The number of aromatic nitrogens is 1. The largest absolute Gasteiger partial charge is 0.375 e. The highest BCUT2D eigenvalue weighted by atomic mass is 32.2. The van der Waals surface area contributed by atoms with Crippen LogP contribution in [0.15, 0.2) is 85.1 Å². The SMILES string of the molecule is O=C(NCCOCc1ccccc1)c1cc(F)ccc1N(c1cccc2cccnc12)S(=O)O. The first-order valence-corrected chi connectivity index (χ1v) is 11.6. The van der Waals surface area contributed by atoms with Gasteiger partial charge in [0, 0.05) is 18.1 Å². The quantitative estimate of drug-likeness (QED) is 0.271. The Morgan fingerprint density at radius 2 is 1.82 bits per heavy atom. The average Bonchev–Trinajstić information content (AvgIpc) is 2.85. The van der Waals surface area contributed by atoms with Gasteiger partial charge >= 0.3 is 0 Å². The molecule has 34 heavy (non-hydrogen) atoms. The van der Waals surface area contributed by atoms with Crippen LogP contribution >= 0.6 is 0 Å². The number of anilines is 2. The molecule has 0 saturated carbocycles. The molecular formula is C25H22FN3O4S. The lowest BCUT2D eigenvalue weighted by atomic mass is 10.1. The first-order chi connectivity index (χ1) is 16.5. The van der Waals surface area contributed by atoms with Gasteiger partial charge in [-0.25, -0.2) is 12.9 Å². The summed E-state index contributed by atoms with van der Waals surface area (Å²) in [4.78, 5) is 17.2. The minimum absolute atomic E-state index is 0.0723. The summed E-state index contributed by atoms with van der Waals surface area (Å²) in [5.41, 5.74) is 1.77. The molecule has 2 N–H and O–H groups in total. The smallest absolute Gasteiger partial charge is 0.266 e. The number of carbonyl (C=O) groups excluding carboxylic acids is 1. The molecule has 0 saturated heterocycles. The molecule has 0 aliphatic rings. The van der Waals surface area contributed by atoms with Gasteiger partial charge in [0.15, 0.2) is 0 Å². The molecule has 1 amide bonds. The van der Waals surface area contributed by atoms with Gasteiger partial charge in [0.1, 0.15) is 5.82 Å². The van der Waals surface area contributed by atoms with Gasteiger partial charge in [0.2, 0.25) is 0 Å². The van der Waals surface area contributed by atoms with Crippen LogP contribution in [0.2, 0.25) is 0 Å². The number of pyridine rings is 1. The molecular weight excluding hydrogens is 457 g/mol. The third-order valence-electron chi connectivity index (χ3n) is 5.05. The van der Waals surface area contributed by atoms with Crippen LogP contribution in [0.3, 0.4) is 0 Å². The second-order valence-electron chi connectivity index (χ2n) is 7.33. The minimum atomic E-state index is -2.56. The van der Waals surface area contributed by atoms with E-state index < -0.39 is 23.0 Å². The number of rotatable bonds is 9. The Labute approximate surface area is 198 Å². The van der Waals surface area contributed by atoms with E-state index in [2.05, 4.69) is 10.3 Å². The maximum atomic E-state index is 14.1. The Bertz CT molecular complexity index is 1310. The molecule has 0 aliphatic heterocycles. The normalized spacial score (nSPS) is 11.8. The molecule has 1 aromatic heterocycles.